The Kier molecular flexibility index (Phi) is 2.74. The number of hydrogen-bond acceptors (Lipinski definition) is 4. The highest BCUT2D eigenvalue weighted by Gasteiger charge is 2.39. The lowest BCUT2D eigenvalue weighted by molar-refractivity contribution is 0.0969. The van der Waals surface area contributed by atoms with Crippen molar-refractivity contribution in [2.24, 2.45) is 0 Å². The highest BCUT2D eigenvalue weighted by Crippen LogP contribution is 2.37. The highest BCUT2D eigenvalue weighted by atomic mass is 19.2. The zero-order chi connectivity index (χ0) is 16.3. The van der Waals surface area contributed by atoms with Crippen molar-refractivity contribution in [1.29, 1.82) is 0 Å². The fourth-order valence-electron chi connectivity index (χ4n) is 2.28. The molecular weight excluding hydrogens is 308 g/mol. The molecule has 2 N–H and O–H groups in total. The first-order chi connectivity index (χ1) is 10.3. The van der Waals surface area contributed by atoms with Crippen LogP contribution in [0.3, 0.4) is 0 Å². The number of fused-ring (bicyclic) bond motifs is 2. The van der Waals surface area contributed by atoms with Crippen LogP contribution >= 0.6 is 0 Å². The van der Waals surface area contributed by atoms with Gasteiger partial charge in [0.2, 0.25) is 0 Å². The number of halogens is 4. The molecule has 0 spiro atoms. The second kappa shape index (κ2) is 4.30. The minimum Gasteiger partial charge on any atom is -0.504 e. The minimum absolute atomic E-state index is 0.558. The Morgan fingerprint density at radius 2 is 0.955 bits per heavy atom. The molecule has 22 heavy (non-hydrogen) atoms. The number of ketones is 2. The summed E-state index contributed by atoms with van der Waals surface area (Å²) < 4.78 is 54.0. The number of hydrogen-bond donors (Lipinski definition) is 2. The van der Waals surface area contributed by atoms with Gasteiger partial charge in [0.15, 0.2) is 46.3 Å². The predicted octanol–water partition coefficient (Wildman–Crippen LogP) is 2.43. The van der Waals surface area contributed by atoms with E-state index in [9.17, 15) is 37.4 Å². The van der Waals surface area contributed by atoms with Crippen molar-refractivity contribution in [3.8, 4) is 11.5 Å². The Hall–Kier alpha value is -2.90. The van der Waals surface area contributed by atoms with E-state index in [-0.39, 0.29) is 0 Å². The van der Waals surface area contributed by atoms with Crippen LogP contribution in [0.15, 0.2) is 12.1 Å². The summed E-state index contributed by atoms with van der Waals surface area (Å²) in [5.41, 5.74) is -3.62. The monoisotopic (exact) mass is 312 g/mol. The summed E-state index contributed by atoms with van der Waals surface area (Å²) in [6.45, 7) is 0. The van der Waals surface area contributed by atoms with E-state index in [1.807, 2.05) is 0 Å². The molecule has 0 saturated carbocycles. The van der Waals surface area contributed by atoms with Crippen molar-refractivity contribution in [2.45, 2.75) is 0 Å². The average molecular weight is 312 g/mol. The van der Waals surface area contributed by atoms with Gasteiger partial charge in [-0.05, 0) is 12.1 Å². The van der Waals surface area contributed by atoms with E-state index in [4.69, 9.17) is 0 Å². The fourth-order valence-corrected chi connectivity index (χ4v) is 2.28. The van der Waals surface area contributed by atoms with E-state index in [1.54, 1.807) is 0 Å². The third-order valence-corrected chi connectivity index (χ3v) is 3.33. The third kappa shape index (κ3) is 1.57. The van der Waals surface area contributed by atoms with Gasteiger partial charge in [-0.15, -0.1) is 0 Å². The molecule has 3 rings (SSSR count). The standard InChI is InChI=1S/C14H4F4O4/c15-9-7-8(10(16)12(18)11(9)17)14(22)4-2-6(20)5(19)1-3(4)13(7)21/h1-2,19-20H. The van der Waals surface area contributed by atoms with Gasteiger partial charge in [-0.1, -0.05) is 0 Å². The smallest absolute Gasteiger partial charge is 0.198 e. The summed E-state index contributed by atoms with van der Waals surface area (Å²) in [6, 6.07) is 1.32. The molecule has 0 saturated heterocycles. The van der Waals surface area contributed by atoms with E-state index >= 15 is 0 Å². The van der Waals surface area contributed by atoms with Crippen molar-refractivity contribution in [1.82, 2.24) is 0 Å². The summed E-state index contributed by atoms with van der Waals surface area (Å²) >= 11 is 0. The van der Waals surface area contributed by atoms with Crippen molar-refractivity contribution >= 4 is 11.6 Å². The molecular formula is C14H4F4O4. The van der Waals surface area contributed by atoms with E-state index in [2.05, 4.69) is 0 Å². The first-order valence-corrected chi connectivity index (χ1v) is 5.77. The molecule has 0 amide bonds. The molecule has 2 aromatic carbocycles. The van der Waals surface area contributed by atoms with Gasteiger partial charge in [-0.3, -0.25) is 9.59 Å². The maximum atomic E-state index is 13.8. The van der Waals surface area contributed by atoms with Crippen LogP contribution in [0, 0.1) is 23.3 Å². The van der Waals surface area contributed by atoms with Gasteiger partial charge in [0.1, 0.15) is 0 Å². The highest BCUT2D eigenvalue weighted by molar-refractivity contribution is 6.28. The topological polar surface area (TPSA) is 74.6 Å². The van der Waals surface area contributed by atoms with Crippen LogP contribution in [-0.2, 0) is 0 Å². The Balaban J connectivity index is 2.44. The zero-order valence-electron chi connectivity index (χ0n) is 10.4. The Labute approximate surface area is 119 Å². The van der Waals surface area contributed by atoms with Gasteiger partial charge in [-0.25, -0.2) is 17.6 Å². The molecule has 0 heterocycles. The number of carbonyl (C=O) groups excluding carboxylic acids is 2. The van der Waals surface area contributed by atoms with Crippen molar-refractivity contribution in [3.05, 3.63) is 57.7 Å². The Morgan fingerprint density at radius 3 is 1.27 bits per heavy atom. The van der Waals surface area contributed by atoms with Gasteiger partial charge >= 0.3 is 0 Å². The quantitative estimate of drug-likeness (QED) is 0.289. The molecule has 0 radical (unpaired) electrons. The molecule has 0 unspecified atom stereocenters. The predicted molar refractivity (Wildman–Crippen MR) is 62.9 cm³/mol. The van der Waals surface area contributed by atoms with E-state index in [0.717, 1.165) is 0 Å². The number of carbonyl (C=O) groups is 2. The van der Waals surface area contributed by atoms with Crippen molar-refractivity contribution in [2.75, 3.05) is 0 Å². The first-order valence-electron chi connectivity index (χ1n) is 5.77. The summed E-state index contributed by atoms with van der Waals surface area (Å²) in [6.07, 6.45) is 0. The minimum atomic E-state index is -2.22. The molecule has 8 heteroatoms. The lowest BCUT2D eigenvalue weighted by atomic mass is 9.83. The number of benzene rings is 2. The summed E-state index contributed by atoms with van der Waals surface area (Å²) in [5, 5.41) is 18.7. The molecule has 0 aromatic heterocycles. The lowest BCUT2D eigenvalue weighted by Crippen LogP contribution is -2.25. The Bertz CT molecular complexity index is 817. The molecule has 112 valence electrons. The SMILES string of the molecule is O=C1c2cc(O)c(O)cc2C(=O)c2c(F)c(F)c(F)c(F)c21. The van der Waals surface area contributed by atoms with Crippen LogP contribution in [0.1, 0.15) is 31.8 Å². The Morgan fingerprint density at radius 1 is 0.636 bits per heavy atom. The maximum absolute atomic E-state index is 13.8. The van der Waals surface area contributed by atoms with Crippen LogP contribution in [0.2, 0.25) is 0 Å². The zero-order valence-corrected chi connectivity index (χ0v) is 10.4. The number of aromatic hydroxyl groups is 2. The number of phenols is 2. The van der Waals surface area contributed by atoms with Crippen LogP contribution < -0.4 is 0 Å². The molecule has 0 fully saturated rings. The van der Waals surface area contributed by atoms with Gasteiger partial charge < -0.3 is 10.2 Å². The molecule has 0 aliphatic heterocycles. The summed E-state index contributed by atoms with van der Waals surface area (Å²) in [7, 11) is 0. The molecule has 1 aliphatic carbocycles. The number of rotatable bonds is 0. The second-order valence-corrected chi connectivity index (χ2v) is 4.55. The van der Waals surface area contributed by atoms with Crippen LogP contribution in [0.5, 0.6) is 11.5 Å². The van der Waals surface area contributed by atoms with E-state index in [0.29, 0.717) is 12.1 Å². The van der Waals surface area contributed by atoms with Crippen LogP contribution in [-0.4, -0.2) is 21.8 Å². The lowest BCUT2D eigenvalue weighted by Gasteiger charge is -2.19. The van der Waals surface area contributed by atoms with Gasteiger partial charge in [0.25, 0.3) is 0 Å². The van der Waals surface area contributed by atoms with Gasteiger partial charge in [-0.2, -0.15) is 0 Å². The fraction of sp³-hybridized carbons (Fsp3) is 0. The van der Waals surface area contributed by atoms with Gasteiger partial charge in [0, 0.05) is 11.1 Å². The van der Waals surface area contributed by atoms with Gasteiger partial charge in [0.05, 0.1) is 11.1 Å². The summed E-state index contributed by atoms with van der Waals surface area (Å²) in [5.74, 6) is -12.6. The summed E-state index contributed by atoms with van der Waals surface area (Å²) in [4.78, 5) is 24.2. The van der Waals surface area contributed by atoms with E-state index < -0.39 is 68.6 Å². The molecule has 1 aliphatic rings. The molecule has 4 nitrogen and oxygen atoms in total. The average Bonchev–Trinajstić information content (AvgIpc) is 2.48. The molecule has 2 aromatic rings. The van der Waals surface area contributed by atoms with Crippen LogP contribution in [0.25, 0.3) is 0 Å². The normalized spacial score (nSPS) is 13.1. The largest absolute Gasteiger partial charge is 0.504 e. The maximum Gasteiger partial charge on any atom is 0.198 e. The van der Waals surface area contributed by atoms with Crippen molar-refractivity contribution in [3.63, 3.8) is 0 Å². The van der Waals surface area contributed by atoms with E-state index in [1.165, 1.54) is 0 Å². The van der Waals surface area contributed by atoms with Crippen LogP contribution in [0.4, 0.5) is 17.6 Å². The molecule has 0 atom stereocenters. The number of phenolic OH excluding ortho intramolecular Hbond substituents is 2. The third-order valence-electron chi connectivity index (χ3n) is 3.33. The first kappa shape index (κ1) is 14.1. The second-order valence-electron chi connectivity index (χ2n) is 4.55. The molecule has 0 bridgehead atoms. The van der Waals surface area contributed by atoms with Crippen molar-refractivity contribution < 1.29 is 37.4 Å².